The van der Waals surface area contributed by atoms with Crippen molar-refractivity contribution in [3.05, 3.63) is 92.6 Å². The van der Waals surface area contributed by atoms with E-state index in [0.717, 1.165) is 31.2 Å². The quantitative estimate of drug-likeness (QED) is 0.424. The number of benzene rings is 2. The fourth-order valence-corrected chi connectivity index (χ4v) is 4.67. The van der Waals surface area contributed by atoms with Crippen molar-refractivity contribution in [1.82, 2.24) is 18.7 Å². The molecule has 9 heteroatoms. The van der Waals surface area contributed by atoms with Gasteiger partial charge in [0.2, 0.25) is 0 Å². The molecule has 0 atom stereocenters. The maximum atomic E-state index is 14.0. The lowest BCUT2D eigenvalue weighted by atomic mass is 10.1. The van der Waals surface area contributed by atoms with E-state index in [1.807, 2.05) is 0 Å². The molecule has 0 amide bonds. The number of ether oxygens (including phenoxy) is 1. The molecule has 4 aromatic rings. The average molecular weight is 462 g/mol. The van der Waals surface area contributed by atoms with E-state index in [1.54, 1.807) is 34.9 Å². The number of hydrogen-bond acceptors (Lipinski definition) is 5. The monoisotopic (exact) mass is 462 g/mol. The molecule has 0 unspecified atom stereocenters. The zero-order valence-corrected chi connectivity index (χ0v) is 18.6. The van der Waals surface area contributed by atoms with Gasteiger partial charge in [0.25, 0.3) is 5.56 Å². The molecule has 2 aromatic heterocycles. The topological polar surface area (TPSA) is 88.1 Å². The number of imidazole rings is 1. The first-order valence-corrected chi connectivity index (χ1v) is 11.1. The summed E-state index contributed by atoms with van der Waals surface area (Å²) in [5.41, 5.74) is 1.11. The Labute approximate surface area is 193 Å². The fraction of sp³-hybridized carbons (Fsp3) is 0.280. The van der Waals surface area contributed by atoms with E-state index < -0.39 is 23.0 Å². The molecule has 0 radical (unpaired) electrons. The summed E-state index contributed by atoms with van der Waals surface area (Å²) < 4.78 is 23.1. The Morgan fingerprint density at radius 1 is 1.12 bits per heavy atom. The van der Waals surface area contributed by atoms with Crippen LogP contribution in [0, 0.1) is 5.82 Å². The summed E-state index contributed by atoms with van der Waals surface area (Å²) in [6, 6.07) is 12.4. The molecule has 8 nitrogen and oxygen atoms in total. The zero-order chi connectivity index (χ0) is 23.8. The SMILES string of the molecule is COC(=O)c1ccc(Cn2cnc3c2c(=O)n(C2CCCC2)c(=O)n3-c2cccc(F)c2)cc1. The van der Waals surface area contributed by atoms with Crippen LogP contribution in [0.25, 0.3) is 16.9 Å². The number of rotatable bonds is 5. The molecule has 2 heterocycles. The van der Waals surface area contributed by atoms with E-state index in [-0.39, 0.29) is 17.2 Å². The largest absolute Gasteiger partial charge is 0.465 e. The van der Waals surface area contributed by atoms with Crippen molar-refractivity contribution >= 4 is 17.1 Å². The average Bonchev–Trinajstić information content (AvgIpc) is 3.50. The first kappa shape index (κ1) is 21.8. The van der Waals surface area contributed by atoms with Crippen molar-refractivity contribution in [1.29, 1.82) is 0 Å². The van der Waals surface area contributed by atoms with E-state index in [9.17, 15) is 18.8 Å². The third-order valence-corrected chi connectivity index (χ3v) is 6.33. The molecular weight excluding hydrogens is 439 g/mol. The van der Waals surface area contributed by atoms with Crippen molar-refractivity contribution in [3.63, 3.8) is 0 Å². The van der Waals surface area contributed by atoms with Crippen LogP contribution in [0.3, 0.4) is 0 Å². The predicted octanol–water partition coefficient (Wildman–Crippen LogP) is 3.44. The molecule has 5 rings (SSSR count). The van der Waals surface area contributed by atoms with Gasteiger partial charge in [-0.2, -0.15) is 0 Å². The van der Waals surface area contributed by atoms with Crippen molar-refractivity contribution in [2.24, 2.45) is 0 Å². The van der Waals surface area contributed by atoms with Gasteiger partial charge in [-0.15, -0.1) is 0 Å². The van der Waals surface area contributed by atoms with Gasteiger partial charge in [0.1, 0.15) is 5.82 Å². The van der Waals surface area contributed by atoms with Gasteiger partial charge in [0.05, 0.1) is 24.7 Å². The van der Waals surface area contributed by atoms with Crippen LogP contribution < -0.4 is 11.2 Å². The molecule has 1 aliphatic rings. The molecule has 0 aliphatic heterocycles. The molecule has 1 saturated carbocycles. The number of nitrogens with zero attached hydrogens (tertiary/aromatic N) is 4. The standard InChI is InChI=1S/C25H23FN4O4/c1-34-24(32)17-11-9-16(10-12-17)14-28-15-27-22-21(28)23(31)30(19-6-2-3-7-19)25(33)29(22)20-8-4-5-18(26)13-20/h4-5,8-13,15,19H,2-3,6-7,14H2,1H3. The second kappa shape index (κ2) is 8.74. The minimum Gasteiger partial charge on any atom is -0.465 e. The molecule has 2 aromatic carbocycles. The summed E-state index contributed by atoms with van der Waals surface area (Å²) in [7, 11) is 1.32. The van der Waals surface area contributed by atoms with Crippen LogP contribution in [0.2, 0.25) is 0 Å². The minimum absolute atomic E-state index is 0.182. The third kappa shape index (κ3) is 3.72. The van der Waals surface area contributed by atoms with Gasteiger partial charge in [-0.3, -0.25) is 9.36 Å². The van der Waals surface area contributed by atoms with Crippen molar-refractivity contribution in [3.8, 4) is 5.69 Å². The second-order valence-corrected chi connectivity index (χ2v) is 8.44. The minimum atomic E-state index is -0.511. The number of methoxy groups -OCH3 is 1. The predicted molar refractivity (Wildman–Crippen MR) is 124 cm³/mol. The molecule has 0 N–H and O–H groups in total. The van der Waals surface area contributed by atoms with Crippen LogP contribution in [0.15, 0.2) is 64.4 Å². The Morgan fingerprint density at radius 3 is 2.53 bits per heavy atom. The number of aromatic nitrogens is 4. The van der Waals surface area contributed by atoms with Gasteiger partial charge >= 0.3 is 11.7 Å². The molecule has 174 valence electrons. The smallest absolute Gasteiger partial charge is 0.337 e. The van der Waals surface area contributed by atoms with Gasteiger partial charge in [0, 0.05) is 12.6 Å². The molecule has 0 bridgehead atoms. The number of carbonyl (C=O) groups is 1. The number of esters is 1. The lowest BCUT2D eigenvalue weighted by Gasteiger charge is -2.17. The van der Waals surface area contributed by atoms with E-state index in [4.69, 9.17) is 4.74 Å². The fourth-order valence-electron chi connectivity index (χ4n) is 4.67. The molecule has 0 saturated heterocycles. The summed E-state index contributed by atoms with van der Waals surface area (Å²) in [5, 5.41) is 0. The van der Waals surface area contributed by atoms with Crippen molar-refractivity contribution in [2.45, 2.75) is 38.3 Å². The van der Waals surface area contributed by atoms with Gasteiger partial charge in [-0.25, -0.2) is 23.5 Å². The maximum absolute atomic E-state index is 14.0. The summed E-state index contributed by atoms with van der Waals surface area (Å²) in [6.45, 7) is 0.305. The van der Waals surface area contributed by atoms with Crippen LogP contribution in [0.4, 0.5) is 4.39 Å². The highest BCUT2D eigenvalue weighted by atomic mass is 19.1. The third-order valence-electron chi connectivity index (χ3n) is 6.33. The lowest BCUT2D eigenvalue weighted by molar-refractivity contribution is 0.0600. The maximum Gasteiger partial charge on any atom is 0.337 e. The van der Waals surface area contributed by atoms with Gasteiger partial charge in [-0.1, -0.05) is 31.0 Å². The van der Waals surface area contributed by atoms with Crippen molar-refractivity contribution in [2.75, 3.05) is 7.11 Å². The summed E-state index contributed by atoms with van der Waals surface area (Å²) in [6.07, 6.45) is 4.88. The summed E-state index contributed by atoms with van der Waals surface area (Å²) in [4.78, 5) is 43.2. The first-order chi connectivity index (χ1) is 16.5. The number of carbonyl (C=O) groups excluding carboxylic acids is 1. The Kier molecular flexibility index (Phi) is 5.61. The van der Waals surface area contributed by atoms with Crippen molar-refractivity contribution < 1.29 is 13.9 Å². The normalized spacial score (nSPS) is 14.1. The summed E-state index contributed by atoms with van der Waals surface area (Å²) in [5.74, 6) is -0.917. The molecule has 34 heavy (non-hydrogen) atoms. The lowest BCUT2D eigenvalue weighted by Crippen LogP contribution is -2.41. The first-order valence-electron chi connectivity index (χ1n) is 11.1. The van der Waals surface area contributed by atoms with Crippen LogP contribution in [0.1, 0.15) is 47.6 Å². The molecular formula is C25H23FN4O4. The molecule has 0 spiro atoms. The molecule has 1 aliphatic carbocycles. The van der Waals surface area contributed by atoms with E-state index in [0.29, 0.717) is 17.8 Å². The Bertz CT molecular complexity index is 1490. The van der Waals surface area contributed by atoms with Crippen LogP contribution in [-0.4, -0.2) is 31.8 Å². The van der Waals surface area contributed by atoms with Gasteiger partial charge in [0.15, 0.2) is 11.2 Å². The summed E-state index contributed by atoms with van der Waals surface area (Å²) >= 11 is 0. The van der Waals surface area contributed by atoms with Crippen LogP contribution in [0.5, 0.6) is 0 Å². The second-order valence-electron chi connectivity index (χ2n) is 8.44. The number of fused-ring (bicyclic) bond motifs is 1. The highest BCUT2D eigenvalue weighted by molar-refractivity contribution is 5.89. The number of halogens is 1. The van der Waals surface area contributed by atoms with Crippen LogP contribution >= 0.6 is 0 Å². The van der Waals surface area contributed by atoms with Crippen LogP contribution in [-0.2, 0) is 11.3 Å². The van der Waals surface area contributed by atoms with E-state index in [1.165, 1.54) is 40.8 Å². The zero-order valence-electron chi connectivity index (χ0n) is 18.6. The highest BCUT2D eigenvalue weighted by Crippen LogP contribution is 2.28. The van der Waals surface area contributed by atoms with E-state index >= 15 is 0 Å². The Hall–Kier alpha value is -4.01. The van der Waals surface area contributed by atoms with Gasteiger partial charge in [-0.05, 0) is 48.7 Å². The molecule has 1 fully saturated rings. The Morgan fingerprint density at radius 2 is 1.85 bits per heavy atom. The number of hydrogen-bond donors (Lipinski definition) is 0. The highest BCUT2D eigenvalue weighted by Gasteiger charge is 2.26. The van der Waals surface area contributed by atoms with Gasteiger partial charge < -0.3 is 9.30 Å². The van der Waals surface area contributed by atoms with E-state index in [2.05, 4.69) is 4.98 Å². The Balaban J connectivity index is 1.68.